The molecular weight excluding hydrogens is 302 g/mol. The first-order valence-corrected chi connectivity index (χ1v) is 8.36. The van der Waals surface area contributed by atoms with Crippen LogP contribution in [0.15, 0.2) is 61.2 Å². The number of benzene rings is 2. The van der Waals surface area contributed by atoms with Crippen LogP contribution < -0.4 is 0 Å². The van der Waals surface area contributed by atoms with Crippen LogP contribution in [0, 0.1) is 12.7 Å². The smallest absolute Gasteiger partial charge is 0.129 e. The Hall–Kier alpha value is -2.22. The molecule has 0 nitrogen and oxygen atoms in total. The summed E-state index contributed by atoms with van der Waals surface area (Å²) in [6.45, 7) is 4.68. The van der Waals surface area contributed by atoms with Crippen LogP contribution in [-0.4, -0.2) is 0 Å². The molecule has 0 saturated heterocycles. The number of hydrogen-bond acceptors (Lipinski definition) is 0. The van der Waals surface area contributed by atoms with Crippen molar-refractivity contribution >= 4 is 0 Å². The minimum absolute atomic E-state index is 0.151. The van der Waals surface area contributed by atoms with Gasteiger partial charge in [-0.1, -0.05) is 48.6 Å². The summed E-state index contributed by atoms with van der Waals surface area (Å²) < 4.78 is 26.7. The lowest BCUT2D eigenvalue weighted by Crippen LogP contribution is -1.93. The fraction of sp³-hybridized carbons (Fsp3) is 0.273. The molecule has 0 bridgehead atoms. The molecule has 0 aliphatic heterocycles. The normalized spacial score (nSPS) is 11.1. The van der Waals surface area contributed by atoms with Gasteiger partial charge in [0.15, 0.2) is 0 Å². The Bertz CT molecular complexity index is 673. The van der Waals surface area contributed by atoms with Crippen molar-refractivity contribution in [1.82, 2.24) is 0 Å². The van der Waals surface area contributed by atoms with E-state index in [-0.39, 0.29) is 5.56 Å². The molecule has 0 saturated carbocycles. The van der Waals surface area contributed by atoms with Crippen LogP contribution in [-0.2, 0) is 13.1 Å². The van der Waals surface area contributed by atoms with Gasteiger partial charge in [0.1, 0.15) is 12.5 Å². The van der Waals surface area contributed by atoms with E-state index in [1.165, 1.54) is 11.6 Å². The van der Waals surface area contributed by atoms with Gasteiger partial charge in [-0.05, 0) is 60.9 Å². The minimum Gasteiger partial charge on any atom is -0.246 e. The molecule has 2 heteroatoms. The summed E-state index contributed by atoms with van der Waals surface area (Å²) in [5.41, 5.74) is 3.80. The van der Waals surface area contributed by atoms with Crippen LogP contribution >= 0.6 is 0 Å². The Balaban J connectivity index is 2.02. The monoisotopic (exact) mass is 326 g/mol. The van der Waals surface area contributed by atoms with Gasteiger partial charge in [0.2, 0.25) is 0 Å². The molecule has 0 aliphatic rings. The second-order valence-electron chi connectivity index (χ2n) is 5.96. The van der Waals surface area contributed by atoms with Gasteiger partial charge in [0.25, 0.3) is 0 Å². The van der Waals surface area contributed by atoms with Crippen molar-refractivity contribution in [3.63, 3.8) is 0 Å². The maximum Gasteiger partial charge on any atom is 0.129 e. The Morgan fingerprint density at radius 2 is 1.67 bits per heavy atom. The van der Waals surface area contributed by atoms with Gasteiger partial charge in [-0.15, -0.1) is 6.58 Å². The van der Waals surface area contributed by atoms with Crippen molar-refractivity contribution in [3.8, 4) is 11.1 Å². The topological polar surface area (TPSA) is 0 Å². The van der Waals surface area contributed by atoms with Crippen LogP contribution in [0.2, 0.25) is 0 Å². The van der Waals surface area contributed by atoms with E-state index in [2.05, 4.69) is 30.9 Å². The summed E-state index contributed by atoms with van der Waals surface area (Å²) in [4.78, 5) is 0. The van der Waals surface area contributed by atoms with Gasteiger partial charge in [-0.3, -0.25) is 0 Å². The van der Waals surface area contributed by atoms with Gasteiger partial charge >= 0.3 is 0 Å². The number of aryl methyl sites for hydroxylation is 2. The molecule has 0 atom stereocenters. The van der Waals surface area contributed by atoms with Crippen LogP contribution in [0.3, 0.4) is 0 Å². The van der Waals surface area contributed by atoms with Gasteiger partial charge < -0.3 is 0 Å². The van der Waals surface area contributed by atoms with Crippen molar-refractivity contribution in [2.24, 2.45) is 0 Å². The second-order valence-corrected chi connectivity index (χ2v) is 5.96. The maximum absolute atomic E-state index is 13.9. The predicted octanol–water partition coefficient (Wildman–Crippen LogP) is 6.73. The van der Waals surface area contributed by atoms with E-state index < -0.39 is 12.5 Å². The summed E-state index contributed by atoms with van der Waals surface area (Å²) in [5, 5.41) is 0. The first-order valence-electron chi connectivity index (χ1n) is 8.36. The standard InChI is InChI=1S/C22H24F2/c1-3-4-5-6-7-8-9-18-10-12-19(13-11-18)20-14-17(2)21(16-23)22(24)15-20/h3,6-7,10-15H,1,4-5,8-9,16H2,2H3/b7-6+. The third kappa shape index (κ3) is 4.89. The van der Waals surface area contributed by atoms with Crippen LogP contribution in [0.5, 0.6) is 0 Å². The molecule has 0 radical (unpaired) electrons. The highest BCUT2D eigenvalue weighted by atomic mass is 19.1. The molecule has 0 unspecified atom stereocenters. The first-order chi connectivity index (χ1) is 11.7. The summed E-state index contributed by atoms with van der Waals surface area (Å²) in [6.07, 6.45) is 10.4. The van der Waals surface area contributed by atoms with E-state index in [4.69, 9.17) is 0 Å². The van der Waals surface area contributed by atoms with Crippen molar-refractivity contribution < 1.29 is 8.78 Å². The lowest BCUT2D eigenvalue weighted by molar-refractivity contribution is 0.462. The molecule has 0 heterocycles. The van der Waals surface area contributed by atoms with E-state index in [1.807, 2.05) is 24.3 Å². The van der Waals surface area contributed by atoms with Crippen molar-refractivity contribution in [2.75, 3.05) is 0 Å². The van der Waals surface area contributed by atoms with Gasteiger partial charge in [0.05, 0.1) is 0 Å². The van der Waals surface area contributed by atoms with Crippen LogP contribution in [0.1, 0.15) is 36.0 Å². The van der Waals surface area contributed by atoms with E-state index >= 15 is 0 Å². The number of halogens is 2. The van der Waals surface area contributed by atoms with Crippen molar-refractivity contribution in [2.45, 2.75) is 39.3 Å². The number of rotatable bonds is 8. The first kappa shape index (κ1) is 18.1. The second kappa shape index (κ2) is 9.17. The summed E-state index contributed by atoms with van der Waals surface area (Å²) >= 11 is 0. The highest BCUT2D eigenvalue weighted by Gasteiger charge is 2.09. The van der Waals surface area contributed by atoms with E-state index in [0.717, 1.165) is 36.8 Å². The molecule has 0 spiro atoms. The number of unbranched alkanes of at least 4 members (excludes halogenated alkanes) is 1. The molecule has 0 amide bonds. The Kier molecular flexibility index (Phi) is 6.92. The highest BCUT2D eigenvalue weighted by molar-refractivity contribution is 5.65. The lowest BCUT2D eigenvalue weighted by atomic mass is 9.98. The van der Waals surface area contributed by atoms with Crippen LogP contribution in [0.25, 0.3) is 11.1 Å². The van der Waals surface area contributed by atoms with Crippen LogP contribution in [0.4, 0.5) is 8.78 Å². The quantitative estimate of drug-likeness (QED) is 0.373. The fourth-order valence-electron chi connectivity index (χ4n) is 2.67. The molecule has 0 fully saturated rings. The Labute approximate surface area is 143 Å². The van der Waals surface area contributed by atoms with E-state index in [9.17, 15) is 8.78 Å². The zero-order valence-electron chi connectivity index (χ0n) is 14.2. The average molecular weight is 326 g/mol. The summed E-state index contributed by atoms with van der Waals surface area (Å²) in [5.74, 6) is -0.471. The SMILES string of the molecule is C=CCC/C=C/CCc1ccc(-c2cc(C)c(CF)c(F)c2)cc1. The molecule has 2 aromatic rings. The zero-order valence-corrected chi connectivity index (χ0v) is 14.2. The molecule has 2 rings (SSSR count). The third-order valence-electron chi connectivity index (χ3n) is 4.14. The Morgan fingerprint density at radius 3 is 2.29 bits per heavy atom. The summed E-state index contributed by atoms with van der Waals surface area (Å²) in [6, 6.07) is 11.4. The molecule has 0 N–H and O–H groups in total. The molecule has 2 aromatic carbocycles. The van der Waals surface area contributed by atoms with Crippen molar-refractivity contribution in [3.05, 3.63) is 83.7 Å². The third-order valence-corrected chi connectivity index (χ3v) is 4.14. The van der Waals surface area contributed by atoms with Crippen molar-refractivity contribution in [1.29, 1.82) is 0 Å². The largest absolute Gasteiger partial charge is 0.246 e. The maximum atomic E-state index is 13.9. The fourth-order valence-corrected chi connectivity index (χ4v) is 2.67. The highest BCUT2D eigenvalue weighted by Crippen LogP contribution is 2.26. The molecule has 126 valence electrons. The molecule has 24 heavy (non-hydrogen) atoms. The number of hydrogen-bond donors (Lipinski definition) is 0. The zero-order chi connectivity index (χ0) is 17.4. The number of alkyl halides is 1. The minimum atomic E-state index is -0.767. The lowest BCUT2D eigenvalue weighted by Gasteiger charge is -2.09. The number of allylic oxidation sites excluding steroid dienone is 3. The average Bonchev–Trinajstić information content (AvgIpc) is 2.58. The summed E-state index contributed by atoms with van der Waals surface area (Å²) in [7, 11) is 0. The van der Waals surface area contributed by atoms with Gasteiger partial charge in [-0.25, -0.2) is 8.78 Å². The molecule has 0 aromatic heterocycles. The Morgan fingerprint density at radius 1 is 0.958 bits per heavy atom. The molecular formula is C22H24F2. The van der Waals surface area contributed by atoms with Gasteiger partial charge in [0, 0.05) is 5.56 Å². The van der Waals surface area contributed by atoms with E-state index in [0.29, 0.717) is 5.56 Å². The van der Waals surface area contributed by atoms with E-state index in [1.54, 1.807) is 6.92 Å². The molecule has 0 aliphatic carbocycles. The van der Waals surface area contributed by atoms with Gasteiger partial charge in [-0.2, -0.15) is 0 Å². The predicted molar refractivity (Wildman–Crippen MR) is 98.3 cm³/mol.